The summed E-state index contributed by atoms with van der Waals surface area (Å²) in [6.45, 7) is 4.77. The van der Waals surface area contributed by atoms with Gasteiger partial charge in [-0.1, -0.05) is 11.6 Å². The number of hydrogen-bond donors (Lipinski definition) is 0. The first kappa shape index (κ1) is 20.8. The Balaban J connectivity index is 1.37. The monoisotopic (exact) mass is 456 g/mol. The highest BCUT2D eigenvalue weighted by Gasteiger charge is 2.26. The van der Waals surface area contributed by atoms with Crippen molar-refractivity contribution in [3.05, 3.63) is 56.1 Å². The van der Waals surface area contributed by atoms with Crippen molar-refractivity contribution in [2.45, 2.75) is 32.4 Å². The first-order chi connectivity index (χ1) is 15.1. The van der Waals surface area contributed by atoms with Crippen molar-refractivity contribution in [3.63, 3.8) is 0 Å². The fraction of sp³-hybridized carbons (Fsp3) is 0.435. The number of thiazole rings is 1. The average Bonchev–Trinajstić information content (AvgIpc) is 3.41. The summed E-state index contributed by atoms with van der Waals surface area (Å²) in [4.78, 5) is 27.3. The third-order valence-electron chi connectivity index (χ3n) is 6.00. The number of carbonyl (C=O) groups is 1. The number of morpholine rings is 1. The molecule has 1 saturated heterocycles. The minimum absolute atomic E-state index is 0.00976. The highest BCUT2D eigenvalue weighted by Crippen LogP contribution is 2.32. The van der Waals surface area contributed by atoms with E-state index in [1.54, 1.807) is 16.2 Å². The fourth-order valence-electron chi connectivity index (χ4n) is 4.43. The predicted octanol–water partition coefficient (Wildman–Crippen LogP) is 3.94. The summed E-state index contributed by atoms with van der Waals surface area (Å²) >= 11 is 7.92. The van der Waals surface area contributed by atoms with E-state index in [2.05, 4.69) is 10.3 Å². The van der Waals surface area contributed by atoms with E-state index in [9.17, 15) is 4.79 Å². The standard InChI is InChI=1S/C23H25ClN4O2S/c1-27(12-16-14-31-21(25-16)13-28-7-9-30-10-8-28)23(29)22-17-3-2-4-19(17)26-20-6-5-15(24)11-18(20)22/h5-6,11,14H,2-4,7-10,12-13H2,1H3. The van der Waals surface area contributed by atoms with Gasteiger partial charge in [0.25, 0.3) is 5.91 Å². The molecule has 5 rings (SSSR count). The summed E-state index contributed by atoms with van der Waals surface area (Å²) in [5.41, 5.74) is 4.65. The second-order valence-electron chi connectivity index (χ2n) is 8.21. The molecule has 6 nitrogen and oxygen atoms in total. The molecule has 1 aliphatic carbocycles. The SMILES string of the molecule is CN(Cc1csc(CN2CCOCC2)n1)C(=O)c1c2c(nc3ccc(Cl)cc13)CCC2. The molecule has 1 aromatic carbocycles. The third kappa shape index (κ3) is 4.32. The number of amides is 1. The largest absolute Gasteiger partial charge is 0.379 e. The highest BCUT2D eigenvalue weighted by molar-refractivity contribution is 7.09. The van der Waals surface area contributed by atoms with Crippen molar-refractivity contribution in [2.75, 3.05) is 33.4 Å². The molecule has 0 atom stereocenters. The Morgan fingerprint density at radius 3 is 2.94 bits per heavy atom. The Bertz CT molecular complexity index is 1130. The molecule has 2 aliphatic rings. The predicted molar refractivity (Wildman–Crippen MR) is 123 cm³/mol. The molecule has 0 N–H and O–H groups in total. The van der Waals surface area contributed by atoms with Crippen LogP contribution in [-0.4, -0.2) is 59.0 Å². The van der Waals surface area contributed by atoms with Gasteiger partial charge in [-0.3, -0.25) is 14.7 Å². The van der Waals surface area contributed by atoms with Crippen molar-refractivity contribution in [1.29, 1.82) is 0 Å². The zero-order valence-electron chi connectivity index (χ0n) is 17.6. The van der Waals surface area contributed by atoms with Gasteiger partial charge >= 0.3 is 0 Å². The number of benzene rings is 1. The second kappa shape index (κ2) is 8.82. The zero-order chi connectivity index (χ0) is 21.4. The summed E-state index contributed by atoms with van der Waals surface area (Å²) in [5.74, 6) is 0.00976. The quantitative estimate of drug-likeness (QED) is 0.582. The van der Waals surface area contributed by atoms with Gasteiger partial charge in [0.05, 0.1) is 43.1 Å². The molecular weight excluding hydrogens is 432 g/mol. The highest BCUT2D eigenvalue weighted by atomic mass is 35.5. The van der Waals surface area contributed by atoms with Crippen molar-refractivity contribution in [3.8, 4) is 0 Å². The van der Waals surface area contributed by atoms with Crippen LogP contribution in [0.1, 0.15) is 38.7 Å². The number of halogens is 1. The summed E-state index contributed by atoms with van der Waals surface area (Å²) in [6.07, 6.45) is 2.85. The van der Waals surface area contributed by atoms with Crippen molar-refractivity contribution in [1.82, 2.24) is 19.8 Å². The van der Waals surface area contributed by atoms with Gasteiger partial charge in [0, 0.05) is 41.6 Å². The van der Waals surface area contributed by atoms with Gasteiger partial charge in [0.15, 0.2) is 0 Å². The van der Waals surface area contributed by atoms with Crippen LogP contribution in [0.2, 0.25) is 5.02 Å². The first-order valence-corrected chi connectivity index (χ1v) is 11.9. The Hall–Kier alpha value is -2.06. The Morgan fingerprint density at radius 1 is 1.26 bits per heavy atom. The number of pyridine rings is 1. The Labute approximate surface area is 190 Å². The maximum Gasteiger partial charge on any atom is 0.254 e. The van der Waals surface area contributed by atoms with Crippen molar-refractivity contribution < 1.29 is 9.53 Å². The fourth-order valence-corrected chi connectivity index (χ4v) is 5.43. The lowest BCUT2D eigenvalue weighted by Crippen LogP contribution is -2.35. The molecule has 8 heteroatoms. The molecule has 162 valence electrons. The Morgan fingerprint density at radius 2 is 2.10 bits per heavy atom. The number of hydrogen-bond acceptors (Lipinski definition) is 6. The summed E-state index contributed by atoms with van der Waals surface area (Å²) < 4.78 is 5.42. The van der Waals surface area contributed by atoms with Gasteiger partial charge in [-0.2, -0.15) is 0 Å². The number of rotatable bonds is 5. The zero-order valence-corrected chi connectivity index (χ0v) is 19.1. The molecule has 0 radical (unpaired) electrons. The summed E-state index contributed by atoms with van der Waals surface area (Å²) in [7, 11) is 1.85. The van der Waals surface area contributed by atoms with Gasteiger partial charge in [-0.15, -0.1) is 11.3 Å². The van der Waals surface area contributed by atoms with Crippen molar-refractivity contribution in [2.24, 2.45) is 0 Å². The van der Waals surface area contributed by atoms with Crippen LogP contribution in [0.3, 0.4) is 0 Å². The van der Waals surface area contributed by atoms with Gasteiger partial charge < -0.3 is 9.64 Å². The number of nitrogens with zero attached hydrogens (tertiary/aromatic N) is 4. The van der Waals surface area contributed by atoms with E-state index in [-0.39, 0.29) is 5.91 Å². The molecule has 0 spiro atoms. The lowest BCUT2D eigenvalue weighted by atomic mass is 10.00. The maximum atomic E-state index is 13.6. The third-order valence-corrected chi connectivity index (χ3v) is 7.11. The molecule has 3 heterocycles. The number of carbonyl (C=O) groups excluding carboxylic acids is 1. The van der Waals surface area contributed by atoms with E-state index in [1.807, 2.05) is 25.2 Å². The van der Waals surface area contributed by atoms with Crippen molar-refractivity contribution >= 4 is 39.7 Å². The topological polar surface area (TPSA) is 58.6 Å². The number of aromatic nitrogens is 2. The van der Waals surface area contributed by atoms with Gasteiger partial charge in [0.1, 0.15) is 5.01 Å². The van der Waals surface area contributed by atoms with E-state index in [1.165, 1.54) is 0 Å². The average molecular weight is 457 g/mol. The van der Waals surface area contributed by atoms with Crippen LogP contribution in [0.4, 0.5) is 0 Å². The van der Waals surface area contributed by atoms with Crippen LogP contribution in [0.25, 0.3) is 10.9 Å². The molecule has 1 amide bonds. The minimum atomic E-state index is 0.00976. The molecule has 3 aromatic rings. The summed E-state index contributed by atoms with van der Waals surface area (Å²) in [6, 6.07) is 5.61. The Kier molecular flexibility index (Phi) is 5.93. The molecule has 2 aromatic heterocycles. The normalized spacial score (nSPS) is 16.6. The molecule has 0 saturated carbocycles. The van der Waals surface area contributed by atoms with Crippen LogP contribution in [0.5, 0.6) is 0 Å². The minimum Gasteiger partial charge on any atom is -0.379 e. The lowest BCUT2D eigenvalue weighted by Gasteiger charge is -2.25. The van der Waals surface area contributed by atoms with E-state index >= 15 is 0 Å². The first-order valence-electron chi connectivity index (χ1n) is 10.7. The van der Waals surface area contributed by atoms with Gasteiger partial charge in [0.2, 0.25) is 0 Å². The summed E-state index contributed by atoms with van der Waals surface area (Å²) in [5, 5.41) is 4.61. The molecule has 1 fully saturated rings. The van der Waals surface area contributed by atoms with Crippen LogP contribution in [0, 0.1) is 0 Å². The van der Waals surface area contributed by atoms with Crippen LogP contribution in [0.15, 0.2) is 23.6 Å². The lowest BCUT2D eigenvalue weighted by molar-refractivity contribution is 0.0341. The van der Waals surface area contributed by atoms with Crippen LogP contribution in [-0.2, 0) is 30.7 Å². The van der Waals surface area contributed by atoms with Gasteiger partial charge in [-0.25, -0.2) is 4.98 Å². The molecule has 0 unspecified atom stereocenters. The molecular formula is C23H25ClN4O2S. The smallest absolute Gasteiger partial charge is 0.254 e. The van der Waals surface area contributed by atoms with Gasteiger partial charge in [-0.05, 0) is 43.0 Å². The van der Waals surface area contributed by atoms with E-state index < -0.39 is 0 Å². The molecule has 1 aliphatic heterocycles. The number of ether oxygens (including phenoxy) is 1. The van der Waals surface area contributed by atoms with Crippen LogP contribution < -0.4 is 0 Å². The van der Waals surface area contributed by atoms with E-state index in [0.29, 0.717) is 11.6 Å². The van der Waals surface area contributed by atoms with E-state index in [0.717, 1.165) is 90.5 Å². The maximum absolute atomic E-state index is 13.6. The van der Waals surface area contributed by atoms with Crippen LogP contribution >= 0.6 is 22.9 Å². The van der Waals surface area contributed by atoms with E-state index in [4.69, 9.17) is 26.3 Å². The molecule has 0 bridgehead atoms. The number of aryl methyl sites for hydroxylation is 1. The molecule has 31 heavy (non-hydrogen) atoms. The number of fused-ring (bicyclic) bond motifs is 2. The second-order valence-corrected chi connectivity index (χ2v) is 9.59.